The molecule has 0 aromatic carbocycles. The number of thioether (sulfide) groups is 1. The number of alkyl halides is 1. The zero-order valence-electron chi connectivity index (χ0n) is 6.35. The molecule has 0 spiro atoms. The fourth-order valence-electron chi connectivity index (χ4n) is 0.929. The Kier molecular flexibility index (Phi) is 8.99. The SMILES string of the molecule is CI.OCC1CCSCC1. The Hall–Kier alpha value is 1.04. The highest BCUT2D eigenvalue weighted by molar-refractivity contribution is 14.1. The lowest BCUT2D eigenvalue weighted by atomic mass is 10.1. The Morgan fingerprint density at radius 3 is 2.20 bits per heavy atom. The molecule has 0 atom stereocenters. The van der Waals surface area contributed by atoms with Gasteiger partial charge in [0.1, 0.15) is 0 Å². The van der Waals surface area contributed by atoms with Gasteiger partial charge in [-0.25, -0.2) is 0 Å². The van der Waals surface area contributed by atoms with Crippen LogP contribution in [0.1, 0.15) is 12.8 Å². The molecule has 1 aliphatic heterocycles. The van der Waals surface area contributed by atoms with Crippen LogP contribution in [0, 0.1) is 5.92 Å². The molecule has 0 aliphatic carbocycles. The summed E-state index contributed by atoms with van der Waals surface area (Å²) in [4.78, 5) is 1.97. The number of aliphatic hydroxyl groups excluding tert-OH is 1. The Morgan fingerprint density at radius 2 is 1.90 bits per heavy atom. The maximum atomic E-state index is 8.68. The lowest BCUT2D eigenvalue weighted by Gasteiger charge is -2.17. The molecule has 0 unspecified atom stereocenters. The Morgan fingerprint density at radius 1 is 1.40 bits per heavy atom. The van der Waals surface area contributed by atoms with E-state index in [1.54, 1.807) is 0 Å². The van der Waals surface area contributed by atoms with Gasteiger partial charge in [-0.2, -0.15) is 11.8 Å². The second kappa shape index (κ2) is 8.14. The van der Waals surface area contributed by atoms with E-state index in [4.69, 9.17) is 5.11 Å². The zero-order valence-corrected chi connectivity index (χ0v) is 9.32. The van der Waals surface area contributed by atoms with Gasteiger partial charge in [0.25, 0.3) is 0 Å². The van der Waals surface area contributed by atoms with Gasteiger partial charge in [0.15, 0.2) is 0 Å². The van der Waals surface area contributed by atoms with Crippen molar-refractivity contribution in [3.05, 3.63) is 0 Å². The number of aliphatic hydroxyl groups is 1. The van der Waals surface area contributed by atoms with Gasteiger partial charge in [0.2, 0.25) is 0 Å². The molecule has 1 N–H and O–H groups in total. The molecule has 0 saturated carbocycles. The van der Waals surface area contributed by atoms with Crippen LogP contribution in [0.25, 0.3) is 0 Å². The van der Waals surface area contributed by atoms with Gasteiger partial charge >= 0.3 is 0 Å². The molecule has 1 saturated heterocycles. The second-order valence-electron chi connectivity index (χ2n) is 2.24. The molecular formula is C7H15IOS. The minimum atomic E-state index is 0.403. The summed E-state index contributed by atoms with van der Waals surface area (Å²) in [5.41, 5.74) is 0. The average Bonchev–Trinajstić information content (AvgIpc) is 2.10. The third-order valence-corrected chi connectivity index (χ3v) is 2.65. The van der Waals surface area contributed by atoms with E-state index in [-0.39, 0.29) is 0 Å². The Labute approximate surface area is 81.1 Å². The average molecular weight is 274 g/mol. The number of rotatable bonds is 1. The van der Waals surface area contributed by atoms with E-state index >= 15 is 0 Å². The van der Waals surface area contributed by atoms with E-state index in [9.17, 15) is 0 Å². The van der Waals surface area contributed by atoms with Gasteiger partial charge in [0.05, 0.1) is 0 Å². The summed E-state index contributed by atoms with van der Waals surface area (Å²) < 4.78 is 0. The first-order valence-electron chi connectivity index (χ1n) is 3.50. The van der Waals surface area contributed by atoms with Crippen LogP contribution in [0.2, 0.25) is 0 Å². The minimum Gasteiger partial charge on any atom is -0.396 e. The quantitative estimate of drug-likeness (QED) is 0.584. The van der Waals surface area contributed by atoms with Crippen LogP contribution in [0.4, 0.5) is 0 Å². The van der Waals surface area contributed by atoms with Crippen molar-refractivity contribution in [3.8, 4) is 0 Å². The molecule has 1 aliphatic rings. The predicted molar refractivity (Wildman–Crippen MR) is 57.1 cm³/mol. The smallest absolute Gasteiger partial charge is 0.0459 e. The maximum absolute atomic E-state index is 8.68. The summed E-state index contributed by atoms with van der Waals surface area (Å²) in [6.45, 7) is 0.403. The summed E-state index contributed by atoms with van der Waals surface area (Å²) in [5, 5.41) is 8.68. The highest BCUT2D eigenvalue weighted by atomic mass is 127. The van der Waals surface area contributed by atoms with Crippen LogP contribution >= 0.6 is 34.4 Å². The van der Waals surface area contributed by atoms with Crippen molar-refractivity contribution in [1.82, 2.24) is 0 Å². The molecule has 1 rings (SSSR count). The van der Waals surface area contributed by atoms with Crippen molar-refractivity contribution in [1.29, 1.82) is 0 Å². The fourth-order valence-corrected chi connectivity index (χ4v) is 2.13. The number of hydrogen-bond donors (Lipinski definition) is 1. The molecule has 1 heterocycles. The maximum Gasteiger partial charge on any atom is 0.0459 e. The first-order chi connectivity index (χ1) is 4.93. The van der Waals surface area contributed by atoms with Gasteiger partial charge in [-0.05, 0) is 35.2 Å². The third-order valence-electron chi connectivity index (χ3n) is 1.60. The number of halogens is 1. The molecule has 0 amide bonds. The molecule has 62 valence electrons. The van der Waals surface area contributed by atoms with Gasteiger partial charge in [-0.1, -0.05) is 22.6 Å². The molecule has 10 heavy (non-hydrogen) atoms. The molecule has 0 aromatic heterocycles. The van der Waals surface area contributed by atoms with Crippen molar-refractivity contribution < 1.29 is 5.11 Å². The Bertz CT molecular complexity index is 64.6. The fraction of sp³-hybridized carbons (Fsp3) is 1.00. The summed E-state index contributed by atoms with van der Waals surface area (Å²) in [6.07, 6.45) is 2.45. The van der Waals surface area contributed by atoms with Crippen LogP contribution in [-0.2, 0) is 0 Å². The monoisotopic (exact) mass is 274 g/mol. The largest absolute Gasteiger partial charge is 0.396 e. The van der Waals surface area contributed by atoms with Crippen LogP contribution in [0.15, 0.2) is 0 Å². The van der Waals surface area contributed by atoms with Crippen molar-refractivity contribution in [2.75, 3.05) is 23.0 Å². The van der Waals surface area contributed by atoms with Gasteiger partial charge in [0, 0.05) is 6.61 Å². The van der Waals surface area contributed by atoms with E-state index in [0.29, 0.717) is 12.5 Å². The van der Waals surface area contributed by atoms with Crippen LogP contribution < -0.4 is 0 Å². The highest BCUT2D eigenvalue weighted by Crippen LogP contribution is 2.21. The van der Waals surface area contributed by atoms with E-state index in [1.807, 2.05) is 16.7 Å². The summed E-state index contributed by atoms with van der Waals surface area (Å²) >= 11 is 4.15. The highest BCUT2D eigenvalue weighted by Gasteiger charge is 2.10. The standard InChI is InChI=1S/C6H12OS.CH3I/c7-5-6-1-3-8-4-2-6;1-2/h6-7H,1-5H2;1H3. The van der Waals surface area contributed by atoms with Crippen molar-refractivity contribution >= 4 is 34.4 Å². The minimum absolute atomic E-state index is 0.403. The van der Waals surface area contributed by atoms with Crippen molar-refractivity contribution in [2.24, 2.45) is 5.92 Å². The van der Waals surface area contributed by atoms with Crippen LogP contribution in [0.3, 0.4) is 0 Å². The topological polar surface area (TPSA) is 20.2 Å². The first kappa shape index (κ1) is 11.0. The summed E-state index contributed by atoms with van der Waals surface area (Å²) in [6, 6.07) is 0. The Balaban J connectivity index is 0.000000371. The molecular weight excluding hydrogens is 259 g/mol. The zero-order chi connectivity index (χ0) is 7.82. The third kappa shape index (κ3) is 4.79. The molecule has 0 bridgehead atoms. The molecule has 0 aromatic rings. The lowest BCUT2D eigenvalue weighted by molar-refractivity contribution is 0.218. The molecule has 1 fully saturated rings. The van der Waals surface area contributed by atoms with Crippen LogP contribution in [-0.4, -0.2) is 28.1 Å². The van der Waals surface area contributed by atoms with Crippen molar-refractivity contribution in [3.63, 3.8) is 0 Å². The molecule has 3 heteroatoms. The van der Waals surface area contributed by atoms with Crippen molar-refractivity contribution in [2.45, 2.75) is 12.8 Å². The van der Waals surface area contributed by atoms with E-state index < -0.39 is 0 Å². The lowest BCUT2D eigenvalue weighted by Crippen LogP contribution is -2.12. The van der Waals surface area contributed by atoms with E-state index in [1.165, 1.54) is 24.3 Å². The second-order valence-corrected chi connectivity index (χ2v) is 3.46. The molecule has 1 nitrogen and oxygen atoms in total. The van der Waals surface area contributed by atoms with Gasteiger partial charge in [-0.15, -0.1) is 0 Å². The summed E-state index contributed by atoms with van der Waals surface area (Å²) in [5.74, 6) is 3.13. The van der Waals surface area contributed by atoms with Gasteiger partial charge in [-0.3, -0.25) is 0 Å². The molecule has 0 radical (unpaired) electrons. The normalized spacial score (nSPS) is 19.5. The first-order valence-corrected chi connectivity index (χ1v) is 6.81. The predicted octanol–water partition coefficient (Wildman–Crippen LogP) is 2.17. The van der Waals surface area contributed by atoms with E-state index in [0.717, 1.165) is 0 Å². The van der Waals surface area contributed by atoms with Crippen LogP contribution in [0.5, 0.6) is 0 Å². The summed E-state index contributed by atoms with van der Waals surface area (Å²) in [7, 11) is 0. The van der Waals surface area contributed by atoms with Gasteiger partial charge < -0.3 is 5.11 Å². The number of hydrogen-bond acceptors (Lipinski definition) is 2. The van der Waals surface area contributed by atoms with E-state index in [2.05, 4.69) is 22.6 Å².